The summed E-state index contributed by atoms with van der Waals surface area (Å²) in [5, 5.41) is 10.8. The average molecular weight is 306 g/mol. The van der Waals surface area contributed by atoms with Crippen molar-refractivity contribution in [2.75, 3.05) is 12.3 Å². The minimum absolute atomic E-state index is 0.0638. The van der Waals surface area contributed by atoms with E-state index in [-0.39, 0.29) is 12.3 Å². The van der Waals surface area contributed by atoms with Gasteiger partial charge in [-0.3, -0.25) is 10.1 Å². The maximum atomic E-state index is 11.7. The SMILES string of the molecule is CCOC(=O)c1sc(-c2ccc([N+](=O)[O-])c(C)c2)cc1N. The molecule has 0 bridgehead atoms. The number of nitro groups is 1. The van der Waals surface area contributed by atoms with Gasteiger partial charge < -0.3 is 10.5 Å². The van der Waals surface area contributed by atoms with Crippen LogP contribution in [0.5, 0.6) is 0 Å². The van der Waals surface area contributed by atoms with Crippen molar-refractivity contribution in [3.8, 4) is 10.4 Å². The largest absolute Gasteiger partial charge is 0.462 e. The summed E-state index contributed by atoms with van der Waals surface area (Å²) in [5.74, 6) is -0.454. The minimum atomic E-state index is -0.454. The second kappa shape index (κ2) is 5.92. The zero-order valence-electron chi connectivity index (χ0n) is 11.6. The number of nitro benzene ring substituents is 1. The summed E-state index contributed by atoms with van der Waals surface area (Å²) >= 11 is 1.21. The third-order valence-electron chi connectivity index (χ3n) is 2.90. The highest BCUT2D eigenvalue weighted by molar-refractivity contribution is 7.18. The van der Waals surface area contributed by atoms with E-state index in [1.54, 1.807) is 32.0 Å². The third kappa shape index (κ3) is 3.03. The Morgan fingerprint density at radius 3 is 2.71 bits per heavy atom. The number of esters is 1. The summed E-state index contributed by atoms with van der Waals surface area (Å²) in [6, 6.07) is 6.48. The lowest BCUT2D eigenvalue weighted by molar-refractivity contribution is -0.385. The molecule has 0 unspecified atom stereocenters. The minimum Gasteiger partial charge on any atom is -0.462 e. The van der Waals surface area contributed by atoms with Crippen molar-refractivity contribution in [3.63, 3.8) is 0 Å². The van der Waals surface area contributed by atoms with E-state index in [2.05, 4.69) is 0 Å². The number of rotatable bonds is 4. The lowest BCUT2D eigenvalue weighted by Gasteiger charge is -2.01. The highest BCUT2D eigenvalue weighted by Crippen LogP contribution is 2.35. The van der Waals surface area contributed by atoms with Crippen molar-refractivity contribution in [2.45, 2.75) is 13.8 Å². The Hall–Kier alpha value is -2.41. The van der Waals surface area contributed by atoms with Crippen LogP contribution in [0.15, 0.2) is 24.3 Å². The number of benzene rings is 1. The first-order chi connectivity index (χ1) is 9.93. The van der Waals surface area contributed by atoms with E-state index in [1.807, 2.05) is 0 Å². The van der Waals surface area contributed by atoms with E-state index in [0.29, 0.717) is 16.1 Å². The number of carbonyl (C=O) groups excluding carboxylic acids is 1. The van der Waals surface area contributed by atoms with Crippen LogP contribution in [0.4, 0.5) is 11.4 Å². The molecule has 2 rings (SSSR count). The van der Waals surface area contributed by atoms with Gasteiger partial charge in [-0.15, -0.1) is 11.3 Å². The Kier molecular flexibility index (Phi) is 4.23. The maximum absolute atomic E-state index is 11.7. The molecule has 1 aromatic heterocycles. The smallest absolute Gasteiger partial charge is 0.350 e. The molecule has 0 saturated heterocycles. The number of nitrogens with two attached hydrogens (primary N) is 1. The molecule has 0 aliphatic rings. The first-order valence-electron chi connectivity index (χ1n) is 6.26. The first kappa shape index (κ1) is 15.0. The van der Waals surface area contributed by atoms with Gasteiger partial charge in [0.25, 0.3) is 5.69 Å². The number of hydrogen-bond donors (Lipinski definition) is 1. The summed E-state index contributed by atoms with van der Waals surface area (Å²) in [6.45, 7) is 3.68. The molecule has 0 fully saturated rings. The number of nitrogen functional groups attached to an aromatic ring is 1. The van der Waals surface area contributed by atoms with E-state index in [9.17, 15) is 14.9 Å². The maximum Gasteiger partial charge on any atom is 0.350 e. The fourth-order valence-electron chi connectivity index (χ4n) is 1.92. The van der Waals surface area contributed by atoms with Crippen LogP contribution < -0.4 is 5.73 Å². The summed E-state index contributed by atoms with van der Waals surface area (Å²) in [5.41, 5.74) is 7.58. The van der Waals surface area contributed by atoms with Crippen molar-refractivity contribution < 1.29 is 14.5 Å². The third-order valence-corrected chi connectivity index (χ3v) is 4.08. The number of nitrogens with zero attached hydrogens (tertiary/aromatic N) is 1. The monoisotopic (exact) mass is 306 g/mol. The van der Waals surface area contributed by atoms with Crippen LogP contribution in [0.3, 0.4) is 0 Å². The molecule has 0 aliphatic carbocycles. The van der Waals surface area contributed by atoms with Crippen LogP contribution in [0, 0.1) is 17.0 Å². The predicted molar refractivity (Wildman–Crippen MR) is 81.5 cm³/mol. The standard InChI is InChI=1S/C14H14N2O4S/c1-3-20-14(17)13-10(15)7-12(21-13)9-4-5-11(16(18)19)8(2)6-9/h4-7H,3,15H2,1-2H3. The van der Waals surface area contributed by atoms with Crippen LogP contribution in [-0.2, 0) is 4.74 Å². The molecule has 110 valence electrons. The Balaban J connectivity index is 2.39. The molecule has 0 atom stereocenters. The fourth-order valence-corrected chi connectivity index (χ4v) is 2.89. The second-order valence-electron chi connectivity index (χ2n) is 4.37. The van der Waals surface area contributed by atoms with Gasteiger partial charge in [-0.2, -0.15) is 0 Å². The van der Waals surface area contributed by atoms with Gasteiger partial charge in [0.05, 0.1) is 17.2 Å². The van der Waals surface area contributed by atoms with Gasteiger partial charge >= 0.3 is 5.97 Å². The van der Waals surface area contributed by atoms with Crippen molar-refractivity contribution in [1.29, 1.82) is 0 Å². The molecule has 0 saturated carbocycles. The Labute approximate surface area is 125 Å². The molecule has 7 heteroatoms. The van der Waals surface area contributed by atoms with Crippen molar-refractivity contribution in [3.05, 3.63) is 44.8 Å². The quantitative estimate of drug-likeness (QED) is 0.530. The van der Waals surface area contributed by atoms with Gasteiger partial charge in [0.15, 0.2) is 0 Å². The summed E-state index contributed by atoms with van der Waals surface area (Å²) in [4.78, 5) is 23.3. The summed E-state index contributed by atoms with van der Waals surface area (Å²) in [6.07, 6.45) is 0. The predicted octanol–water partition coefficient (Wildman–Crippen LogP) is 3.39. The number of carbonyl (C=O) groups is 1. The van der Waals surface area contributed by atoms with Crippen molar-refractivity contribution in [2.24, 2.45) is 0 Å². The normalized spacial score (nSPS) is 10.4. The van der Waals surface area contributed by atoms with Crippen LogP contribution >= 0.6 is 11.3 Å². The fraction of sp³-hybridized carbons (Fsp3) is 0.214. The number of ether oxygens (including phenoxy) is 1. The molecule has 6 nitrogen and oxygen atoms in total. The van der Waals surface area contributed by atoms with Gasteiger partial charge in [0.1, 0.15) is 4.88 Å². The van der Waals surface area contributed by atoms with E-state index in [4.69, 9.17) is 10.5 Å². The Morgan fingerprint density at radius 1 is 1.43 bits per heavy atom. The van der Waals surface area contributed by atoms with Crippen molar-refractivity contribution >= 4 is 28.7 Å². The first-order valence-corrected chi connectivity index (χ1v) is 7.07. The molecular formula is C14H14N2O4S. The zero-order valence-corrected chi connectivity index (χ0v) is 12.4. The topological polar surface area (TPSA) is 95.5 Å². The van der Waals surface area contributed by atoms with Crippen LogP contribution in [0.2, 0.25) is 0 Å². The molecule has 21 heavy (non-hydrogen) atoms. The lowest BCUT2D eigenvalue weighted by Crippen LogP contribution is -2.04. The molecule has 2 aromatic rings. The van der Waals surface area contributed by atoms with Gasteiger partial charge in [-0.1, -0.05) is 0 Å². The molecule has 0 spiro atoms. The number of anilines is 1. The molecule has 0 aliphatic heterocycles. The summed E-state index contributed by atoms with van der Waals surface area (Å²) < 4.78 is 4.93. The van der Waals surface area contributed by atoms with Crippen LogP contribution in [0.1, 0.15) is 22.2 Å². The molecule has 0 amide bonds. The highest BCUT2D eigenvalue weighted by Gasteiger charge is 2.17. The van der Waals surface area contributed by atoms with E-state index in [0.717, 1.165) is 10.4 Å². The number of hydrogen-bond acceptors (Lipinski definition) is 6. The van der Waals surface area contributed by atoms with E-state index < -0.39 is 10.9 Å². The molecule has 1 aromatic carbocycles. The zero-order chi connectivity index (χ0) is 15.6. The van der Waals surface area contributed by atoms with Gasteiger partial charge in [0, 0.05) is 16.5 Å². The average Bonchev–Trinajstić information content (AvgIpc) is 2.80. The Bertz CT molecular complexity index is 709. The van der Waals surface area contributed by atoms with Gasteiger partial charge in [-0.25, -0.2) is 4.79 Å². The van der Waals surface area contributed by atoms with Crippen LogP contribution in [-0.4, -0.2) is 17.5 Å². The van der Waals surface area contributed by atoms with Gasteiger partial charge in [0.2, 0.25) is 0 Å². The van der Waals surface area contributed by atoms with E-state index in [1.165, 1.54) is 17.4 Å². The molecule has 0 radical (unpaired) electrons. The molecule has 2 N–H and O–H groups in total. The lowest BCUT2D eigenvalue weighted by atomic mass is 10.1. The number of thiophene rings is 1. The van der Waals surface area contributed by atoms with E-state index >= 15 is 0 Å². The Morgan fingerprint density at radius 2 is 2.14 bits per heavy atom. The van der Waals surface area contributed by atoms with Crippen molar-refractivity contribution in [1.82, 2.24) is 0 Å². The number of aryl methyl sites for hydroxylation is 1. The highest BCUT2D eigenvalue weighted by atomic mass is 32.1. The second-order valence-corrected chi connectivity index (χ2v) is 5.43. The van der Waals surface area contributed by atoms with Crippen LogP contribution in [0.25, 0.3) is 10.4 Å². The summed E-state index contributed by atoms with van der Waals surface area (Å²) in [7, 11) is 0. The molecule has 1 heterocycles. The van der Waals surface area contributed by atoms with Gasteiger partial charge in [-0.05, 0) is 37.6 Å². The molecular weight excluding hydrogens is 292 g/mol.